The van der Waals surface area contributed by atoms with Crippen LogP contribution >= 0.6 is 0 Å². The van der Waals surface area contributed by atoms with Crippen LogP contribution in [0.15, 0.2) is 0 Å². The third-order valence-corrected chi connectivity index (χ3v) is 2.38. The lowest BCUT2D eigenvalue weighted by Crippen LogP contribution is -2.08. The van der Waals surface area contributed by atoms with Crippen molar-refractivity contribution in [2.75, 3.05) is 0 Å². The number of hydrogen-bond acceptors (Lipinski definition) is 1. The summed E-state index contributed by atoms with van der Waals surface area (Å²) in [5.74, 6) is 1.74. The number of aliphatic carboxylic acids is 1. The smallest absolute Gasteiger partial charge is 0.306 e. The van der Waals surface area contributed by atoms with E-state index in [0.717, 1.165) is 32.1 Å². The Morgan fingerprint density at radius 2 is 1.86 bits per heavy atom. The Morgan fingerprint density at radius 3 is 2.43 bits per heavy atom. The van der Waals surface area contributed by atoms with Crippen LogP contribution in [0.5, 0.6) is 0 Å². The average molecular weight is 196 g/mol. The van der Waals surface area contributed by atoms with Gasteiger partial charge in [-0.2, -0.15) is 0 Å². The maximum absolute atomic E-state index is 10.5. The van der Waals surface area contributed by atoms with E-state index < -0.39 is 5.97 Å². The van der Waals surface area contributed by atoms with E-state index >= 15 is 0 Å². The fraction of sp³-hybridized carbons (Fsp3) is 0.750. The highest BCUT2D eigenvalue weighted by atomic mass is 16.4. The molecule has 2 nitrogen and oxygen atoms in total. The van der Waals surface area contributed by atoms with Gasteiger partial charge in [-0.05, 0) is 12.8 Å². The zero-order valence-electron chi connectivity index (χ0n) is 8.96. The van der Waals surface area contributed by atoms with E-state index in [4.69, 9.17) is 11.5 Å². The molecule has 1 unspecified atom stereocenters. The predicted molar refractivity (Wildman–Crippen MR) is 58.0 cm³/mol. The summed E-state index contributed by atoms with van der Waals surface area (Å²) in [5.41, 5.74) is 0. The van der Waals surface area contributed by atoms with Crippen LogP contribution in [-0.2, 0) is 4.79 Å². The summed E-state index contributed by atoms with van der Waals surface area (Å²) in [6.45, 7) is 1.76. The molecule has 0 heterocycles. The summed E-state index contributed by atoms with van der Waals surface area (Å²) in [4.78, 5) is 10.5. The maximum Gasteiger partial charge on any atom is 0.306 e. The standard InChI is InChI=1S/C12H20O2/c1-3-4-5-6-7-8-9-10-11(2)12(13)14/h1,11H,4-10H2,2H3,(H,13,14). The average Bonchev–Trinajstić information content (AvgIpc) is 2.16. The minimum Gasteiger partial charge on any atom is -0.481 e. The Balaban J connectivity index is 3.14. The van der Waals surface area contributed by atoms with Gasteiger partial charge in [0, 0.05) is 6.42 Å². The molecule has 1 N–H and O–H groups in total. The van der Waals surface area contributed by atoms with Gasteiger partial charge in [-0.1, -0.05) is 32.6 Å². The Bertz CT molecular complexity index is 191. The molecule has 14 heavy (non-hydrogen) atoms. The molecule has 80 valence electrons. The molecular weight excluding hydrogens is 176 g/mol. The van der Waals surface area contributed by atoms with Gasteiger partial charge in [0.25, 0.3) is 0 Å². The van der Waals surface area contributed by atoms with E-state index in [1.165, 1.54) is 12.8 Å². The molecule has 0 fully saturated rings. The van der Waals surface area contributed by atoms with E-state index in [0.29, 0.717) is 0 Å². The lowest BCUT2D eigenvalue weighted by molar-refractivity contribution is -0.141. The number of carboxylic acids is 1. The van der Waals surface area contributed by atoms with Gasteiger partial charge in [0.15, 0.2) is 0 Å². The normalized spacial score (nSPS) is 12.0. The molecule has 0 saturated carbocycles. The highest BCUT2D eigenvalue weighted by Gasteiger charge is 2.09. The van der Waals surface area contributed by atoms with E-state index in [9.17, 15) is 4.79 Å². The van der Waals surface area contributed by atoms with E-state index in [-0.39, 0.29) is 5.92 Å². The molecule has 0 aromatic carbocycles. The topological polar surface area (TPSA) is 37.3 Å². The van der Waals surface area contributed by atoms with Crippen molar-refractivity contribution in [3.8, 4) is 12.3 Å². The van der Waals surface area contributed by atoms with Crippen LogP contribution in [0.1, 0.15) is 51.9 Å². The van der Waals surface area contributed by atoms with Gasteiger partial charge >= 0.3 is 5.97 Å². The molecule has 0 rings (SSSR count). The van der Waals surface area contributed by atoms with Crippen molar-refractivity contribution >= 4 is 5.97 Å². The van der Waals surface area contributed by atoms with Gasteiger partial charge in [-0.3, -0.25) is 4.79 Å². The molecule has 0 spiro atoms. The first-order valence-corrected chi connectivity index (χ1v) is 5.34. The molecule has 0 aromatic heterocycles. The third-order valence-electron chi connectivity index (χ3n) is 2.38. The van der Waals surface area contributed by atoms with Crippen molar-refractivity contribution in [3.05, 3.63) is 0 Å². The van der Waals surface area contributed by atoms with Gasteiger partial charge in [-0.25, -0.2) is 0 Å². The molecule has 0 saturated heterocycles. The maximum atomic E-state index is 10.5. The summed E-state index contributed by atoms with van der Waals surface area (Å²) in [6, 6.07) is 0. The molecule has 0 aromatic rings. The zero-order valence-corrected chi connectivity index (χ0v) is 8.96. The number of terminal acetylenes is 1. The first kappa shape index (κ1) is 13.0. The molecule has 2 heteroatoms. The highest BCUT2D eigenvalue weighted by Crippen LogP contribution is 2.11. The van der Waals surface area contributed by atoms with E-state index in [1.54, 1.807) is 6.92 Å². The second-order valence-electron chi connectivity index (χ2n) is 3.75. The van der Waals surface area contributed by atoms with Crippen LogP contribution in [0.3, 0.4) is 0 Å². The third kappa shape index (κ3) is 7.67. The first-order chi connectivity index (χ1) is 6.68. The molecular formula is C12H20O2. The van der Waals surface area contributed by atoms with Crippen LogP contribution in [0.25, 0.3) is 0 Å². The zero-order chi connectivity index (χ0) is 10.8. The number of hydrogen-bond donors (Lipinski definition) is 1. The number of unbranched alkanes of at least 4 members (excludes halogenated alkanes) is 5. The second kappa shape index (κ2) is 8.62. The van der Waals surface area contributed by atoms with Gasteiger partial charge in [0.05, 0.1) is 5.92 Å². The van der Waals surface area contributed by atoms with Crippen molar-refractivity contribution in [2.24, 2.45) is 5.92 Å². The fourth-order valence-electron chi connectivity index (χ4n) is 1.33. The SMILES string of the molecule is C#CCCCCCCCC(C)C(=O)O. The lowest BCUT2D eigenvalue weighted by Gasteiger charge is -2.04. The lowest BCUT2D eigenvalue weighted by atomic mass is 10.0. The van der Waals surface area contributed by atoms with Gasteiger partial charge in [0.1, 0.15) is 0 Å². The van der Waals surface area contributed by atoms with Crippen molar-refractivity contribution in [1.82, 2.24) is 0 Å². The summed E-state index contributed by atoms with van der Waals surface area (Å²) in [6.07, 6.45) is 12.4. The summed E-state index contributed by atoms with van der Waals surface area (Å²) < 4.78 is 0. The van der Waals surface area contributed by atoms with Crippen LogP contribution in [-0.4, -0.2) is 11.1 Å². The minimum absolute atomic E-state index is 0.194. The molecule has 1 atom stereocenters. The van der Waals surface area contributed by atoms with Crippen molar-refractivity contribution in [1.29, 1.82) is 0 Å². The number of rotatable bonds is 8. The quantitative estimate of drug-likeness (QED) is 0.478. The fourth-order valence-corrected chi connectivity index (χ4v) is 1.33. The molecule has 0 amide bonds. The van der Waals surface area contributed by atoms with Crippen LogP contribution in [0.2, 0.25) is 0 Å². The van der Waals surface area contributed by atoms with Crippen molar-refractivity contribution in [2.45, 2.75) is 51.9 Å². The molecule has 0 aliphatic rings. The van der Waals surface area contributed by atoms with Crippen LogP contribution < -0.4 is 0 Å². The summed E-state index contributed by atoms with van der Waals surface area (Å²) >= 11 is 0. The monoisotopic (exact) mass is 196 g/mol. The summed E-state index contributed by atoms with van der Waals surface area (Å²) in [7, 11) is 0. The van der Waals surface area contributed by atoms with Gasteiger partial charge in [-0.15, -0.1) is 12.3 Å². The second-order valence-corrected chi connectivity index (χ2v) is 3.75. The number of carboxylic acid groups (broad SMARTS) is 1. The highest BCUT2D eigenvalue weighted by molar-refractivity contribution is 5.69. The van der Waals surface area contributed by atoms with Crippen molar-refractivity contribution < 1.29 is 9.90 Å². The van der Waals surface area contributed by atoms with E-state index in [1.807, 2.05) is 0 Å². The van der Waals surface area contributed by atoms with Crippen molar-refractivity contribution in [3.63, 3.8) is 0 Å². The van der Waals surface area contributed by atoms with Gasteiger partial charge in [0.2, 0.25) is 0 Å². The van der Waals surface area contributed by atoms with Crippen LogP contribution in [0.4, 0.5) is 0 Å². The Kier molecular flexibility index (Phi) is 8.02. The predicted octanol–water partition coefficient (Wildman–Crippen LogP) is 3.07. The largest absolute Gasteiger partial charge is 0.481 e. The summed E-state index contributed by atoms with van der Waals surface area (Å²) in [5, 5.41) is 8.63. The molecule has 0 aliphatic carbocycles. The van der Waals surface area contributed by atoms with Crippen LogP contribution in [0, 0.1) is 18.3 Å². The molecule has 0 radical (unpaired) electrons. The Morgan fingerprint density at radius 1 is 1.29 bits per heavy atom. The minimum atomic E-state index is -0.683. The van der Waals surface area contributed by atoms with Gasteiger partial charge < -0.3 is 5.11 Å². The number of carbonyl (C=O) groups is 1. The Labute approximate surface area is 86.7 Å². The van der Waals surface area contributed by atoms with E-state index in [2.05, 4.69) is 5.92 Å². The molecule has 0 bridgehead atoms. The molecule has 0 aliphatic heterocycles. The Hall–Kier alpha value is -0.970. The first-order valence-electron chi connectivity index (χ1n) is 5.34.